The number of anilines is 2. The van der Waals surface area contributed by atoms with Gasteiger partial charge in [0, 0.05) is 37.8 Å². The zero-order valence-electron chi connectivity index (χ0n) is 14.8. The Morgan fingerprint density at radius 2 is 1.69 bits per heavy atom. The van der Waals surface area contributed by atoms with Gasteiger partial charge in [-0.2, -0.15) is 18.2 Å². The van der Waals surface area contributed by atoms with E-state index in [4.69, 9.17) is 11.6 Å². The third-order valence-electron chi connectivity index (χ3n) is 3.64. The van der Waals surface area contributed by atoms with Crippen molar-refractivity contribution in [2.24, 2.45) is 0 Å². The molecule has 0 amide bonds. The molecule has 1 aromatic heterocycles. The van der Waals surface area contributed by atoms with E-state index in [2.05, 4.69) is 15.3 Å². The van der Waals surface area contributed by atoms with Crippen molar-refractivity contribution in [3.8, 4) is 0 Å². The van der Waals surface area contributed by atoms with Gasteiger partial charge in [0.05, 0.1) is 0 Å². The Kier molecular flexibility index (Phi) is 6.66. The minimum Gasteiger partial charge on any atom is -0.358 e. The lowest BCUT2D eigenvalue weighted by atomic mass is 10.2. The molecule has 0 aliphatic carbocycles. The van der Waals surface area contributed by atoms with E-state index in [9.17, 15) is 13.2 Å². The molecule has 0 atom stereocenters. The molecule has 0 spiro atoms. The van der Waals surface area contributed by atoms with Gasteiger partial charge in [-0.3, -0.25) is 0 Å². The molecule has 1 N–H and O–H groups in total. The van der Waals surface area contributed by atoms with Crippen molar-refractivity contribution < 1.29 is 13.2 Å². The van der Waals surface area contributed by atoms with Crippen molar-refractivity contribution >= 4 is 23.4 Å². The molecule has 142 valence electrons. The van der Waals surface area contributed by atoms with Crippen molar-refractivity contribution in [2.45, 2.75) is 12.7 Å². The number of rotatable bonds is 7. The second-order valence-corrected chi connectivity index (χ2v) is 6.57. The summed E-state index contributed by atoms with van der Waals surface area (Å²) < 4.78 is 39.5. The van der Waals surface area contributed by atoms with Gasteiger partial charge in [-0.1, -0.05) is 23.7 Å². The van der Waals surface area contributed by atoms with E-state index in [1.54, 1.807) is 36.2 Å². The standard InChI is InChI=1S/C17H21ClF3N5/c1-25(2)8-9-26(3)15-10-14(17(19,20)21)23-16(24-15)22-11-12-4-6-13(18)7-5-12/h4-7,10H,8-9,11H2,1-3H3,(H,22,23,24). The first kappa shape index (κ1) is 20.3. The number of hydrogen-bond acceptors (Lipinski definition) is 5. The monoisotopic (exact) mass is 387 g/mol. The van der Waals surface area contributed by atoms with E-state index in [1.165, 1.54) is 0 Å². The first-order chi connectivity index (χ1) is 12.1. The molecule has 1 heterocycles. The zero-order valence-corrected chi connectivity index (χ0v) is 15.6. The van der Waals surface area contributed by atoms with Gasteiger partial charge >= 0.3 is 6.18 Å². The largest absolute Gasteiger partial charge is 0.433 e. The molecule has 0 aliphatic heterocycles. The Morgan fingerprint density at radius 1 is 1.04 bits per heavy atom. The minimum atomic E-state index is -4.54. The molecule has 0 saturated carbocycles. The van der Waals surface area contributed by atoms with Crippen molar-refractivity contribution in [2.75, 3.05) is 44.4 Å². The second-order valence-electron chi connectivity index (χ2n) is 6.14. The number of hydrogen-bond donors (Lipinski definition) is 1. The molecule has 26 heavy (non-hydrogen) atoms. The quantitative estimate of drug-likeness (QED) is 0.783. The maximum atomic E-state index is 13.2. The summed E-state index contributed by atoms with van der Waals surface area (Å²) in [5.74, 6) is 0.147. The summed E-state index contributed by atoms with van der Waals surface area (Å²) in [6.07, 6.45) is -4.54. The molecule has 1 aromatic carbocycles. The number of benzene rings is 1. The van der Waals surface area contributed by atoms with Crippen molar-refractivity contribution in [3.05, 3.63) is 46.6 Å². The average molecular weight is 388 g/mol. The Hall–Kier alpha value is -2.06. The molecule has 2 aromatic rings. The number of nitrogens with zero attached hydrogens (tertiary/aromatic N) is 4. The summed E-state index contributed by atoms with van der Waals surface area (Å²) in [4.78, 5) is 11.4. The summed E-state index contributed by atoms with van der Waals surface area (Å²) >= 11 is 5.83. The lowest BCUT2D eigenvalue weighted by Gasteiger charge is -2.22. The number of likely N-dealkylation sites (N-methyl/N-ethyl adjacent to an activating group) is 2. The fourth-order valence-electron chi connectivity index (χ4n) is 2.10. The first-order valence-electron chi connectivity index (χ1n) is 7.95. The molecule has 0 aliphatic rings. The molecular weight excluding hydrogens is 367 g/mol. The third kappa shape index (κ3) is 6.03. The molecule has 5 nitrogen and oxygen atoms in total. The highest BCUT2D eigenvalue weighted by molar-refractivity contribution is 6.30. The lowest BCUT2D eigenvalue weighted by Crippen LogP contribution is -2.29. The van der Waals surface area contributed by atoms with Gasteiger partial charge in [0.2, 0.25) is 5.95 Å². The minimum absolute atomic E-state index is 0.0681. The van der Waals surface area contributed by atoms with Gasteiger partial charge in [0.1, 0.15) is 5.82 Å². The summed E-state index contributed by atoms with van der Waals surface area (Å²) in [5, 5.41) is 3.44. The van der Waals surface area contributed by atoms with Crippen LogP contribution in [0.25, 0.3) is 0 Å². The van der Waals surface area contributed by atoms with Crippen LogP contribution in [0, 0.1) is 0 Å². The van der Waals surface area contributed by atoms with E-state index in [0.29, 0.717) is 24.7 Å². The van der Waals surface area contributed by atoms with Crippen LogP contribution in [0.5, 0.6) is 0 Å². The number of halogens is 4. The second kappa shape index (κ2) is 8.55. The summed E-state index contributed by atoms with van der Waals surface area (Å²) in [6.45, 7) is 1.52. The highest BCUT2D eigenvalue weighted by Crippen LogP contribution is 2.30. The van der Waals surface area contributed by atoms with Crippen LogP contribution >= 0.6 is 11.6 Å². The Labute approximate surface area is 155 Å². The van der Waals surface area contributed by atoms with Gasteiger partial charge in [-0.15, -0.1) is 0 Å². The third-order valence-corrected chi connectivity index (χ3v) is 3.89. The van der Waals surface area contributed by atoms with Gasteiger partial charge in [0.25, 0.3) is 0 Å². The average Bonchev–Trinajstić information content (AvgIpc) is 2.58. The van der Waals surface area contributed by atoms with Crippen LogP contribution in [0.15, 0.2) is 30.3 Å². The van der Waals surface area contributed by atoms with Crippen molar-refractivity contribution in [1.29, 1.82) is 0 Å². The predicted molar refractivity (Wildman–Crippen MR) is 97.6 cm³/mol. The van der Waals surface area contributed by atoms with Crippen molar-refractivity contribution in [1.82, 2.24) is 14.9 Å². The van der Waals surface area contributed by atoms with Crippen LogP contribution < -0.4 is 10.2 Å². The highest BCUT2D eigenvalue weighted by atomic mass is 35.5. The van der Waals surface area contributed by atoms with Gasteiger partial charge in [0.15, 0.2) is 5.69 Å². The lowest BCUT2D eigenvalue weighted by molar-refractivity contribution is -0.141. The first-order valence-corrected chi connectivity index (χ1v) is 8.33. The zero-order chi connectivity index (χ0) is 19.3. The maximum absolute atomic E-state index is 13.2. The summed E-state index contributed by atoms with van der Waals surface area (Å²) in [7, 11) is 5.50. The van der Waals surface area contributed by atoms with Gasteiger partial charge in [-0.05, 0) is 31.8 Å². The Morgan fingerprint density at radius 3 is 2.27 bits per heavy atom. The summed E-state index contributed by atoms with van der Waals surface area (Å²) in [5.41, 5.74) is -0.115. The van der Waals surface area contributed by atoms with E-state index in [1.807, 2.05) is 19.0 Å². The van der Waals surface area contributed by atoms with Crippen LogP contribution in [0.1, 0.15) is 11.3 Å². The topological polar surface area (TPSA) is 44.3 Å². The van der Waals surface area contributed by atoms with E-state index in [0.717, 1.165) is 11.6 Å². The molecule has 0 bridgehead atoms. The Balaban J connectivity index is 2.20. The van der Waals surface area contributed by atoms with E-state index in [-0.39, 0.29) is 11.8 Å². The van der Waals surface area contributed by atoms with Crippen LogP contribution in [0.2, 0.25) is 5.02 Å². The van der Waals surface area contributed by atoms with Crippen LogP contribution in [0.3, 0.4) is 0 Å². The summed E-state index contributed by atoms with van der Waals surface area (Å²) in [6, 6.07) is 7.96. The van der Waals surface area contributed by atoms with Gasteiger partial charge in [-0.25, -0.2) is 4.98 Å². The number of nitrogens with one attached hydrogen (secondary N) is 1. The van der Waals surface area contributed by atoms with E-state index < -0.39 is 11.9 Å². The van der Waals surface area contributed by atoms with Crippen molar-refractivity contribution in [3.63, 3.8) is 0 Å². The molecule has 0 radical (unpaired) electrons. The van der Waals surface area contributed by atoms with Crippen LogP contribution in [-0.2, 0) is 12.7 Å². The molecule has 0 unspecified atom stereocenters. The predicted octanol–water partition coefficient (Wildman–Crippen LogP) is 3.76. The normalized spacial score (nSPS) is 11.7. The molecular formula is C17H21ClF3N5. The highest BCUT2D eigenvalue weighted by Gasteiger charge is 2.34. The van der Waals surface area contributed by atoms with Crippen LogP contribution in [-0.4, -0.2) is 49.1 Å². The number of alkyl halides is 3. The molecule has 0 saturated heterocycles. The fraction of sp³-hybridized carbons (Fsp3) is 0.412. The SMILES string of the molecule is CN(C)CCN(C)c1cc(C(F)(F)F)nc(NCc2ccc(Cl)cc2)n1. The molecule has 9 heteroatoms. The van der Waals surface area contributed by atoms with Crippen LogP contribution in [0.4, 0.5) is 24.9 Å². The Bertz CT molecular complexity index is 719. The fourth-order valence-corrected chi connectivity index (χ4v) is 2.23. The van der Waals surface area contributed by atoms with E-state index >= 15 is 0 Å². The molecule has 2 rings (SSSR count). The van der Waals surface area contributed by atoms with Gasteiger partial charge < -0.3 is 15.1 Å². The number of aromatic nitrogens is 2. The molecule has 0 fully saturated rings. The smallest absolute Gasteiger partial charge is 0.358 e. The maximum Gasteiger partial charge on any atom is 0.433 e.